The van der Waals surface area contributed by atoms with Crippen molar-refractivity contribution in [2.75, 3.05) is 32.7 Å². The molecule has 1 N–H and O–H groups in total. The minimum Gasteiger partial charge on any atom is -0.338 e. The largest absolute Gasteiger partial charge is 0.338 e. The molecule has 26 heavy (non-hydrogen) atoms. The molecule has 0 spiro atoms. The second kappa shape index (κ2) is 9.16. The highest BCUT2D eigenvalue weighted by molar-refractivity contribution is 5.85. The molecule has 4 rings (SSSR count). The van der Waals surface area contributed by atoms with Gasteiger partial charge >= 0.3 is 0 Å². The lowest BCUT2D eigenvalue weighted by atomic mass is 9.78. The number of amides is 1. The van der Waals surface area contributed by atoms with E-state index in [9.17, 15) is 4.79 Å². The molecule has 1 aromatic heterocycles. The predicted octanol–water partition coefficient (Wildman–Crippen LogP) is 2.63. The van der Waals surface area contributed by atoms with Gasteiger partial charge in [0.05, 0.1) is 6.54 Å². The van der Waals surface area contributed by atoms with E-state index in [1.165, 1.54) is 44.1 Å². The number of nitrogens with zero attached hydrogens (tertiary/aromatic N) is 3. The summed E-state index contributed by atoms with van der Waals surface area (Å²) in [5.41, 5.74) is 1.21. The van der Waals surface area contributed by atoms with Gasteiger partial charge in [0.2, 0.25) is 5.91 Å². The van der Waals surface area contributed by atoms with Gasteiger partial charge in [-0.25, -0.2) is 0 Å². The Hall–Kier alpha value is -1.17. The number of hydrogen-bond donors (Lipinski definition) is 1. The highest BCUT2D eigenvalue weighted by atomic mass is 35.5. The van der Waals surface area contributed by atoms with Crippen LogP contribution in [-0.4, -0.2) is 59.5 Å². The van der Waals surface area contributed by atoms with Gasteiger partial charge in [-0.05, 0) is 43.2 Å². The zero-order chi connectivity index (χ0) is 17.1. The van der Waals surface area contributed by atoms with E-state index >= 15 is 0 Å². The van der Waals surface area contributed by atoms with Gasteiger partial charge in [-0.1, -0.05) is 18.9 Å². The van der Waals surface area contributed by atoms with Gasteiger partial charge < -0.3 is 10.2 Å². The van der Waals surface area contributed by atoms with Crippen LogP contribution in [0, 0.1) is 5.92 Å². The van der Waals surface area contributed by atoms with Crippen molar-refractivity contribution in [3.8, 4) is 0 Å². The van der Waals surface area contributed by atoms with Gasteiger partial charge in [0.1, 0.15) is 0 Å². The number of pyridine rings is 1. The molecule has 0 bridgehead atoms. The van der Waals surface area contributed by atoms with E-state index in [2.05, 4.69) is 26.2 Å². The summed E-state index contributed by atoms with van der Waals surface area (Å²) in [6, 6.07) is 4.87. The van der Waals surface area contributed by atoms with Gasteiger partial charge in [0, 0.05) is 50.7 Å². The molecule has 3 unspecified atom stereocenters. The van der Waals surface area contributed by atoms with Crippen LogP contribution in [-0.2, 0) is 4.79 Å². The van der Waals surface area contributed by atoms with Crippen LogP contribution in [0.25, 0.3) is 0 Å². The van der Waals surface area contributed by atoms with Crippen LogP contribution in [0.1, 0.15) is 50.1 Å². The maximum Gasteiger partial charge on any atom is 0.237 e. The lowest BCUT2D eigenvalue weighted by Gasteiger charge is -2.45. The Kier molecular flexibility index (Phi) is 6.90. The summed E-state index contributed by atoms with van der Waals surface area (Å²) in [5.74, 6) is 1.09. The maximum atomic E-state index is 13.1. The molecule has 144 valence electrons. The van der Waals surface area contributed by atoms with Crippen molar-refractivity contribution in [2.24, 2.45) is 5.92 Å². The second-order valence-electron chi connectivity index (χ2n) is 7.82. The molecule has 3 heterocycles. The molecule has 3 atom stereocenters. The summed E-state index contributed by atoms with van der Waals surface area (Å²) >= 11 is 0. The van der Waals surface area contributed by atoms with Crippen LogP contribution in [0.15, 0.2) is 24.5 Å². The fraction of sp³-hybridized carbons (Fsp3) is 0.700. The number of piperazine rings is 1. The van der Waals surface area contributed by atoms with Gasteiger partial charge in [-0.3, -0.25) is 14.7 Å². The molecule has 1 aliphatic carbocycles. The number of likely N-dealkylation sites (tertiary alicyclic amines) is 1. The summed E-state index contributed by atoms with van der Waals surface area (Å²) in [6.45, 7) is 4.28. The maximum absolute atomic E-state index is 13.1. The van der Waals surface area contributed by atoms with Gasteiger partial charge in [-0.2, -0.15) is 0 Å². The SMILES string of the molecule is Cl.O=C(CN1CCNCC1c1cccnc1)N1CCCC2CCCCC21. The Morgan fingerprint density at radius 1 is 1.19 bits per heavy atom. The summed E-state index contributed by atoms with van der Waals surface area (Å²) in [6.07, 6.45) is 11.4. The Bertz CT molecular complexity index is 582. The molecule has 2 aliphatic heterocycles. The van der Waals surface area contributed by atoms with E-state index < -0.39 is 0 Å². The standard InChI is InChI=1S/C20H30N4O.ClH/c25-20(24-11-4-7-16-5-1-2-8-18(16)24)15-23-12-10-22-14-19(23)17-6-3-9-21-13-17;/h3,6,9,13,16,18-19,22H,1-2,4-5,7-8,10-12,14-15H2;1H. The van der Waals surface area contributed by atoms with E-state index in [0.717, 1.165) is 32.1 Å². The average molecular weight is 379 g/mol. The number of halogens is 1. The number of carbonyl (C=O) groups excluding carboxylic acids is 1. The lowest BCUT2D eigenvalue weighted by molar-refractivity contribution is -0.139. The summed E-state index contributed by atoms with van der Waals surface area (Å²) in [5, 5.41) is 3.47. The third-order valence-electron chi connectivity index (χ3n) is 6.33. The zero-order valence-electron chi connectivity index (χ0n) is 15.5. The minimum atomic E-state index is 0. The van der Waals surface area contributed by atoms with E-state index in [4.69, 9.17) is 0 Å². The molecule has 2 saturated heterocycles. The van der Waals surface area contributed by atoms with Crippen molar-refractivity contribution in [1.29, 1.82) is 0 Å². The quantitative estimate of drug-likeness (QED) is 0.878. The lowest BCUT2D eigenvalue weighted by Crippen LogP contribution is -2.55. The van der Waals surface area contributed by atoms with E-state index in [1.54, 1.807) is 0 Å². The van der Waals surface area contributed by atoms with Crippen molar-refractivity contribution in [3.05, 3.63) is 30.1 Å². The molecule has 3 fully saturated rings. The number of carbonyl (C=O) groups is 1. The number of piperidine rings is 1. The molecule has 1 amide bonds. The smallest absolute Gasteiger partial charge is 0.237 e. The molecule has 5 nitrogen and oxygen atoms in total. The van der Waals surface area contributed by atoms with Gasteiger partial charge in [0.25, 0.3) is 0 Å². The fourth-order valence-corrected chi connectivity index (χ4v) is 5.04. The van der Waals surface area contributed by atoms with E-state index in [0.29, 0.717) is 18.5 Å². The topological polar surface area (TPSA) is 48.5 Å². The molecule has 1 saturated carbocycles. The van der Waals surface area contributed by atoms with E-state index in [1.807, 2.05) is 18.5 Å². The minimum absolute atomic E-state index is 0. The highest BCUT2D eigenvalue weighted by Gasteiger charge is 2.37. The Morgan fingerprint density at radius 2 is 2.04 bits per heavy atom. The van der Waals surface area contributed by atoms with Crippen LogP contribution in [0.3, 0.4) is 0 Å². The number of fused-ring (bicyclic) bond motifs is 1. The normalized spacial score (nSPS) is 29.5. The fourth-order valence-electron chi connectivity index (χ4n) is 5.04. The predicted molar refractivity (Wildman–Crippen MR) is 105 cm³/mol. The third-order valence-corrected chi connectivity index (χ3v) is 6.33. The average Bonchev–Trinajstić information content (AvgIpc) is 2.68. The number of aromatic nitrogens is 1. The molecular formula is C20H31ClN4O. The number of hydrogen-bond acceptors (Lipinski definition) is 4. The number of rotatable bonds is 3. The molecular weight excluding hydrogens is 348 g/mol. The van der Waals surface area contributed by atoms with Crippen molar-refractivity contribution in [2.45, 2.75) is 50.6 Å². The van der Waals surface area contributed by atoms with Crippen LogP contribution in [0.4, 0.5) is 0 Å². The Morgan fingerprint density at radius 3 is 2.88 bits per heavy atom. The first kappa shape index (κ1) is 19.6. The zero-order valence-corrected chi connectivity index (χ0v) is 16.3. The van der Waals surface area contributed by atoms with E-state index in [-0.39, 0.29) is 18.4 Å². The summed E-state index contributed by atoms with van der Waals surface area (Å²) in [4.78, 5) is 22.0. The summed E-state index contributed by atoms with van der Waals surface area (Å²) in [7, 11) is 0. The second-order valence-corrected chi connectivity index (χ2v) is 7.82. The first-order valence-corrected chi connectivity index (χ1v) is 9.97. The summed E-state index contributed by atoms with van der Waals surface area (Å²) < 4.78 is 0. The van der Waals surface area contributed by atoms with Crippen LogP contribution >= 0.6 is 12.4 Å². The van der Waals surface area contributed by atoms with Crippen LogP contribution < -0.4 is 5.32 Å². The van der Waals surface area contributed by atoms with Crippen molar-refractivity contribution in [3.63, 3.8) is 0 Å². The van der Waals surface area contributed by atoms with Gasteiger partial charge in [-0.15, -0.1) is 12.4 Å². The van der Waals surface area contributed by atoms with Crippen LogP contribution in [0.2, 0.25) is 0 Å². The molecule has 1 aromatic rings. The number of nitrogens with one attached hydrogen (secondary N) is 1. The third kappa shape index (κ3) is 4.21. The Balaban J connectivity index is 0.00000196. The highest BCUT2D eigenvalue weighted by Crippen LogP contribution is 2.35. The first-order valence-electron chi connectivity index (χ1n) is 9.97. The van der Waals surface area contributed by atoms with Crippen molar-refractivity contribution in [1.82, 2.24) is 20.1 Å². The first-order chi connectivity index (χ1) is 12.3. The monoisotopic (exact) mass is 378 g/mol. The molecule has 0 aromatic carbocycles. The Labute approximate surface area is 162 Å². The molecule has 6 heteroatoms. The van der Waals surface area contributed by atoms with Gasteiger partial charge in [0.15, 0.2) is 0 Å². The molecule has 3 aliphatic rings. The van der Waals surface area contributed by atoms with Crippen LogP contribution in [0.5, 0.6) is 0 Å². The van der Waals surface area contributed by atoms with Crippen molar-refractivity contribution >= 4 is 18.3 Å². The molecule has 0 radical (unpaired) electrons. The van der Waals surface area contributed by atoms with Crippen molar-refractivity contribution < 1.29 is 4.79 Å².